The average molecular weight is 277 g/mol. The molecule has 0 radical (unpaired) electrons. The fourth-order valence-electron chi connectivity index (χ4n) is 2.89. The average Bonchev–Trinajstić information content (AvgIpc) is 2.45. The third-order valence-corrected chi connectivity index (χ3v) is 3.88. The van der Waals surface area contributed by atoms with Gasteiger partial charge in [0.25, 0.3) is 5.69 Å². The van der Waals surface area contributed by atoms with Gasteiger partial charge in [0, 0.05) is 36.4 Å². The molecule has 110 valence electrons. The molecule has 1 fully saturated rings. The van der Waals surface area contributed by atoms with Crippen molar-refractivity contribution >= 4 is 11.4 Å². The Hall–Kier alpha value is -1.62. The summed E-state index contributed by atoms with van der Waals surface area (Å²) in [6.07, 6.45) is 3.45. The highest BCUT2D eigenvalue weighted by Gasteiger charge is 2.22. The molecule has 1 N–H and O–H groups in total. The summed E-state index contributed by atoms with van der Waals surface area (Å²) in [6.45, 7) is 7.06. The number of anilines is 1. The topological polar surface area (TPSA) is 58.4 Å². The number of nitrogens with zero attached hydrogens (tertiary/aromatic N) is 2. The summed E-state index contributed by atoms with van der Waals surface area (Å²) >= 11 is 0. The maximum atomic E-state index is 10.9. The van der Waals surface area contributed by atoms with Crippen LogP contribution in [0.2, 0.25) is 0 Å². The summed E-state index contributed by atoms with van der Waals surface area (Å²) in [6, 6.07) is 5.95. The molecule has 5 heteroatoms. The first-order valence-corrected chi connectivity index (χ1v) is 7.36. The first kappa shape index (κ1) is 14.8. The van der Waals surface area contributed by atoms with Crippen LogP contribution in [0.1, 0.15) is 31.7 Å². The van der Waals surface area contributed by atoms with Crippen molar-refractivity contribution in [1.29, 1.82) is 0 Å². The number of nitro benzene ring substituents is 1. The molecule has 0 aromatic heterocycles. The molecule has 1 aromatic rings. The number of piperidine rings is 1. The minimum atomic E-state index is -0.314. The van der Waals surface area contributed by atoms with Gasteiger partial charge in [-0.2, -0.15) is 0 Å². The zero-order valence-corrected chi connectivity index (χ0v) is 12.3. The predicted molar refractivity (Wildman–Crippen MR) is 81.4 cm³/mol. The molecule has 5 nitrogen and oxygen atoms in total. The monoisotopic (exact) mass is 277 g/mol. The molecule has 20 heavy (non-hydrogen) atoms. The van der Waals surface area contributed by atoms with Crippen LogP contribution in [0, 0.1) is 17.0 Å². The molecule has 0 saturated carbocycles. The third-order valence-electron chi connectivity index (χ3n) is 3.88. The van der Waals surface area contributed by atoms with Crippen molar-refractivity contribution in [2.24, 2.45) is 0 Å². The van der Waals surface area contributed by atoms with Crippen molar-refractivity contribution in [3.05, 3.63) is 33.9 Å². The SMILES string of the molecule is CCCN(c1ccc([N+](=O)[O-])c(C)c1)C1CCCNC1. The van der Waals surface area contributed by atoms with Crippen molar-refractivity contribution in [3.8, 4) is 0 Å². The summed E-state index contributed by atoms with van der Waals surface area (Å²) < 4.78 is 0. The zero-order chi connectivity index (χ0) is 14.5. The lowest BCUT2D eigenvalue weighted by Gasteiger charge is -2.36. The van der Waals surface area contributed by atoms with Crippen LogP contribution in [0.5, 0.6) is 0 Å². The molecular weight excluding hydrogens is 254 g/mol. The molecule has 1 saturated heterocycles. The summed E-state index contributed by atoms with van der Waals surface area (Å²) in [5.74, 6) is 0. The van der Waals surface area contributed by atoms with E-state index in [2.05, 4.69) is 17.1 Å². The highest BCUT2D eigenvalue weighted by atomic mass is 16.6. The van der Waals surface area contributed by atoms with E-state index in [0.717, 1.165) is 37.3 Å². The third kappa shape index (κ3) is 3.28. The summed E-state index contributed by atoms with van der Waals surface area (Å²) in [5.41, 5.74) is 2.04. The van der Waals surface area contributed by atoms with Gasteiger partial charge in [-0.15, -0.1) is 0 Å². The lowest BCUT2D eigenvalue weighted by molar-refractivity contribution is -0.385. The van der Waals surface area contributed by atoms with Crippen molar-refractivity contribution in [2.45, 2.75) is 39.2 Å². The van der Waals surface area contributed by atoms with Gasteiger partial charge in [-0.3, -0.25) is 10.1 Å². The Balaban J connectivity index is 2.24. The van der Waals surface area contributed by atoms with Gasteiger partial charge in [0.05, 0.1) is 4.92 Å². The molecule has 1 heterocycles. The highest BCUT2D eigenvalue weighted by Crippen LogP contribution is 2.27. The Morgan fingerprint density at radius 3 is 2.85 bits per heavy atom. The van der Waals surface area contributed by atoms with E-state index in [4.69, 9.17) is 0 Å². The lowest BCUT2D eigenvalue weighted by Crippen LogP contribution is -2.46. The van der Waals surface area contributed by atoms with E-state index in [0.29, 0.717) is 6.04 Å². The number of benzene rings is 1. The van der Waals surface area contributed by atoms with Gasteiger partial charge < -0.3 is 10.2 Å². The molecule has 1 aliphatic heterocycles. The normalized spacial score (nSPS) is 18.8. The minimum absolute atomic E-state index is 0.201. The largest absolute Gasteiger partial charge is 0.367 e. The molecule has 0 bridgehead atoms. The van der Waals surface area contributed by atoms with E-state index >= 15 is 0 Å². The van der Waals surface area contributed by atoms with Gasteiger partial charge in [0.15, 0.2) is 0 Å². The molecule has 1 atom stereocenters. The lowest BCUT2D eigenvalue weighted by atomic mass is 10.0. The Morgan fingerprint density at radius 2 is 2.30 bits per heavy atom. The smallest absolute Gasteiger partial charge is 0.272 e. The first-order valence-electron chi connectivity index (χ1n) is 7.36. The van der Waals surface area contributed by atoms with E-state index in [9.17, 15) is 10.1 Å². The molecule has 0 aliphatic carbocycles. The summed E-state index contributed by atoms with van der Waals surface area (Å²) in [7, 11) is 0. The number of hydrogen-bond donors (Lipinski definition) is 1. The number of rotatable bonds is 5. The van der Waals surface area contributed by atoms with Crippen molar-refractivity contribution in [2.75, 3.05) is 24.5 Å². The van der Waals surface area contributed by atoms with Crippen LogP contribution >= 0.6 is 0 Å². The summed E-state index contributed by atoms with van der Waals surface area (Å²) in [4.78, 5) is 13.0. The molecular formula is C15H23N3O2. The second-order valence-corrected chi connectivity index (χ2v) is 5.42. The van der Waals surface area contributed by atoms with E-state index in [1.807, 2.05) is 19.1 Å². The highest BCUT2D eigenvalue weighted by molar-refractivity contribution is 5.56. The number of aryl methyl sites for hydroxylation is 1. The van der Waals surface area contributed by atoms with Gasteiger partial charge >= 0.3 is 0 Å². The van der Waals surface area contributed by atoms with Crippen LogP contribution in [0.25, 0.3) is 0 Å². The van der Waals surface area contributed by atoms with Gasteiger partial charge in [-0.1, -0.05) is 6.92 Å². The van der Waals surface area contributed by atoms with Gasteiger partial charge in [-0.05, 0) is 44.9 Å². The molecule has 1 unspecified atom stereocenters. The van der Waals surface area contributed by atoms with Crippen LogP contribution in [-0.2, 0) is 0 Å². The quantitative estimate of drug-likeness (QED) is 0.664. The molecule has 0 spiro atoms. The van der Waals surface area contributed by atoms with Crippen LogP contribution in [0.15, 0.2) is 18.2 Å². The van der Waals surface area contributed by atoms with E-state index in [1.54, 1.807) is 6.07 Å². The van der Waals surface area contributed by atoms with Gasteiger partial charge in [0.1, 0.15) is 0 Å². The Bertz CT molecular complexity index is 470. The van der Waals surface area contributed by atoms with Crippen LogP contribution in [0.4, 0.5) is 11.4 Å². The van der Waals surface area contributed by atoms with E-state index in [-0.39, 0.29) is 10.6 Å². The maximum Gasteiger partial charge on any atom is 0.272 e. The van der Waals surface area contributed by atoms with Gasteiger partial charge in [-0.25, -0.2) is 0 Å². The second kappa shape index (κ2) is 6.70. The predicted octanol–water partition coefficient (Wildman–Crippen LogP) is 2.87. The molecule has 0 amide bonds. The Labute approximate surface area is 120 Å². The number of nitro groups is 1. The van der Waals surface area contributed by atoms with Crippen molar-refractivity contribution in [3.63, 3.8) is 0 Å². The first-order chi connectivity index (χ1) is 9.63. The second-order valence-electron chi connectivity index (χ2n) is 5.42. The minimum Gasteiger partial charge on any atom is -0.367 e. The van der Waals surface area contributed by atoms with E-state index < -0.39 is 0 Å². The van der Waals surface area contributed by atoms with Gasteiger partial charge in [0.2, 0.25) is 0 Å². The number of nitrogens with one attached hydrogen (secondary N) is 1. The van der Waals surface area contributed by atoms with Crippen LogP contribution in [-0.4, -0.2) is 30.6 Å². The van der Waals surface area contributed by atoms with Crippen molar-refractivity contribution < 1.29 is 4.92 Å². The molecule has 2 rings (SSSR count). The molecule has 1 aliphatic rings. The molecule has 1 aromatic carbocycles. The fourth-order valence-corrected chi connectivity index (χ4v) is 2.89. The maximum absolute atomic E-state index is 10.9. The Kier molecular flexibility index (Phi) is 4.95. The van der Waals surface area contributed by atoms with E-state index in [1.165, 1.54) is 12.8 Å². The van der Waals surface area contributed by atoms with Crippen LogP contribution in [0.3, 0.4) is 0 Å². The number of hydrogen-bond acceptors (Lipinski definition) is 4. The van der Waals surface area contributed by atoms with Crippen LogP contribution < -0.4 is 10.2 Å². The Morgan fingerprint density at radius 1 is 1.50 bits per heavy atom. The van der Waals surface area contributed by atoms with Crippen molar-refractivity contribution in [1.82, 2.24) is 5.32 Å². The zero-order valence-electron chi connectivity index (χ0n) is 12.3. The summed E-state index contributed by atoms with van der Waals surface area (Å²) in [5, 5.41) is 14.4. The fraction of sp³-hybridized carbons (Fsp3) is 0.600. The standard InChI is InChI=1S/C15H23N3O2/c1-3-9-17(14-5-4-8-16-11-14)13-6-7-15(18(19)20)12(2)10-13/h6-7,10,14,16H,3-5,8-9,11H2,1-2H3.